The molecule has 0 N–H and O–H groups in total. The molecule has 0 bridgehead atoms. The Balaban J connectivity index is 1.52. The van der Waals surface area contributed by atoms with Gasteiger partial charge < -0.3 is 14.0 Å². The molecule has 9 heteroatoms. The summed E-state index contributed by atoms with van der Waals surface area (Å²) in [4.78, 5) is 11.8. The number of halogens is 2. The average molecular weight is 384 g/mol. The van der Waals surface area contributed by atoms with Gasteiger partial charge in [-0.05, 0) is 43.3 Å². The van der Waals surface area contributed by atoms with Gasteiger partial charge in [0.05, 0.1) is 10.9 Å². The third-order valence-electron chi connectivity index (χ3n) is 3.75. The van der Waals surface area contributed by atoms with Gasteiger partial charge in [0.1, 0.15) is 11.5 Å². The molecule has 142 valence electrons. The minimum Gasteiger partial charge on any atom is -0.484 e. The molecule has 2 aromatic heterocycles. The highest BCUT2D eigenvalue weighted by molar-refractivity contribution is 5.83. The van der Waals surface area contributed by atoms with Gasteiger partial charge in [0.25, 0.3) is 12.3 Å². The lowest BCUT2D eigenvalue weighted by Gasteiger charge is -2.10. The molecular weight excluding hydrogens is 370 g/mol. The Morgan fingerprint density at radius 2 is 1.71 bits per heavy atom. The molecule has 0 aliphatic carbocycles. The molecule has 0 atom stereocenters. The van der Waals surface area contributed by atoms with Crippen molar-refractivity contribution in [3.05, 3.63) is 66.1 Å². The number of nitrogens with zero attached hydrogens (tertiary/aromatic N) is 4. The maximum absolute atomic E-state index is 13.1. The third kappa shape index (κ3) is 3.88. The second kappa shape index (κ2) is 7.55. The van der Waals surface area contributed by atoms with Crippen molar-refractivity contribution >= 4 is 10.9 Å². The van der Waals surface area contributed by atoms with E-state index in [1.54, 1.807) is 55.5 Å². The van der Waals surface area contributed by atoms with Gasteiger partial charge in [-0.1, -0.05) is 17.3 Å². The molecule has 0 aliphatic rings. The maximum Gasteiger partial charge on any atom is 0.297 e. The minimum absolute atomic E-state index is 0.0657. The fourth-order valence-electron chi connectivity index (χ4n) is 2.50. The van der Waals surface area contributed by atoms with Crippen LogP contribution in [0.2, 0.25) is 0 Å². The van der Waals surface area contributed by atoms with Gasteiger partial charge in [-0.2, -0.15) is 9.97 Å². The lowest BCUT2D eigenvalue weighted by molar-refractivity contribution is 0.140. The van der Waals surface area contributed by atoms with Crippen LogP contribution in [0.15, 0.2) is 53.1 Å². The van der Waals surface area contributed by atoms with Gasteiger partial charge in [0, 0.05) is 0 Å². The Hall–Kier alpha value is -3.62. The summed E-state index contributed by atoms with van der Waals surface area (Å²) in [7, 11) is 0. The number of fused-ring (bicyclic) bond motifs is 1. The molecular formula is C19H14F2N4O3. The first-order valence-corrected chi connectivity index (χ1v) is 8.33. The van der Waals surface area contributed by atoms with E-state index in [2.05, 4.69) is 20.1 Å². The maximum atomic E-state index is 13.1. The Kier molecular flexibility index (Phi) is 4.79. The molecule has 7 nitrogen and oxygen atoms in total. The third-order valence-corrected chi connectivity index (χ3v) is 3.75. The van der Waals surface area contributed by atoms with E-state index in [0.717, 1.165) is 0 Å². The molecule has 0 saturated carbocycles. The first-order chi connectivity index (χ1) is 13.6. The van der Waals surface area contributed by atoms with Crippen LogP contribution in [0.25, 0.3) is 10.9 Å². The molecule has 2 heterocycles. The van der Waals surface area contributed by atoms with Crippen LogP contribution in [0.1, 0.15) is 24.0 Å². The predicted molar refractivity (Wildman–Crippen MR) is 94.4 cm³/mol. The zero-order chi connectivity index (χ0) is 19.5. The molecule has 0 aliphatic heterocycles. The molecule has 28 heavy (non-hydrogen) atoms. The van der Waals surface area contributed by atoms with Crippen molar-refractivity contribution < 1.29 is 22.8 Å². The van der Waals surface area contributed by atoms with Crippen LogP contribution in [0.3, 0.4) is 0 Å². The average Bonchev–Trinajstić information content (AvgIpc) is 3.12. The van der Waals surface area contributed by atoms with E-state index in [1.807, 2.05) is 0 Å². The minimum atomic E-state index is -2.80. The summed E-state index contributed by atoms with van der Waals surface area (Å²) in [6, 6.07) is 13.5. The van der Waals surface area contributed by atoms with E-state index >= 15 is 0 Å². The fourth-order valence-corrected chi connectivity index (χ4v) is 2.50. The van der Waals surface area contributed by atoms with Gasteiger partial charge in [-0.3, -0.25) is 0 Å². The van der Waals surface area contributed by atoms with Crippen LogP contribution < -0.4 is 9.47 Å². The van der Waals surface area contributed by atoms with Crippen LogP contribution in [0.4, 0.5) is 8.78 Å². The summed E-state index contributed by atoms with van der Waals surface area (Å²) in [5.74, 6) is 1.36. The molecule has 0 spiro atoms. The monoisotopic (exact) mass is 384 g/mol. The first kappa shape index (κ1) is 17.8. The Morgan fingerprint density at radius 3 is 2.43 bits per heavy atom. The highest BCUT2D eigenvalue weighted by Gasteiger charge is 2.16. The second-order valence-electron chi connectivity index (χ2n) is 5.80. The van der Waals surface area contributed by atoms with E-state index in [9.17, 15) is 8.78 Å². The summed E-state index contributed by atoms with van der Waals surface area (Å²) in [6.45, 7) is 1.85. The predicted octanol–water partition coefficient (Wildman–Crippen LogP) is 4.63. The molecule has 0 radical (unpaired) electrons. The summed E-state index contributed by atoms with van der Waals surface area (Å²) in [5, 5.41) is 4.22. The van der Waals surface area contributed by atoms with Crippen molar-refractivity contribution in [1.82, 2.24) is 20.1 Å². The number of ether oxygens (including phenoxy) is 2. The van der Waals surface area contributed by atoms with Crippen LogP contribution in [0, 0.1) is 6.92 Å². The number of rotatable bonds is 6. The number of hydrogen-bond donors (Lipinski definition) is 0. The Bertz CT molecular complexity index is 1100. The van der Waals surface area contributed by atoms with E-state index in [-0.39, 0.29) is 12.5 Å². The van der Waals surface area contributed by atoms with Gasteiger partial charge in [-0.25, -0.2) is 13.8 Å². The number of para-hydroxylation sites is 1. The van der Waals surface area contributed by atoms with Crippen molar-refractivity contribution in [2.45, 2.75) is 20.0 Å². The molecule has 4 aromatic rings. The standard InChI is InChI=1S/C19H14F2N4O3/c1-11-22-16(28-25-11)10-26-12-6-8-13(9-7-12)27-19-14-4-2-3-5-15(14)23-18(24-19)17(20)21/h2-9,17H,10H2,1H3. The largest absolute Gasteiger partial charge is 0.484 e. The van der Waals surface area contributed by atoms with Crippen molar-refractivity contribution in [3.63, 3.8) is 0 Å². The molecule has 0 saturated heterocycles. The summed E-state index contributed by atoms with van der Waals surface area (Å²) in [5.41, 5.74) is 0.387. The molecule has 0 amide bonds. The van der Waals surface area contributed by atoms with Gasteiger partial charge in [-0.15, -0.1) is 0 Å². The quantitative estimate of drug-likeness (QED) is 0.479. The van der Waals surface area contributed by atoms with E-state index in [1.165, 1.54) is 0 Å². The number of alkyl halides is 2. The smallest absolute Gasteiger partial charge is 0.297 e. The highest BCUT2D eigenvalue weighted by atomic mass is 19.3. The summed E-state index contributed by atoms with van der Waals surface area (Å²) < 4.78 is 42.4. The van der Waals surface area contributed by atoms with E-state index in [0.29, 0.717) is 34.1 Å². The zero-order valence-electron chi connectivity index (χ0n) is 14.7. The summed E-state index contributed by atoms with van der Waals surface area (Å²) in [6.07, 6.45) is -2.80. The van der Waals surface area contributed by atoms with Crippen LogP contribution in [-0.2, 0) is 6.61 Å². The topological polar surface area (TPSA) is 83.2 Å². The Labute approximate surface area is 158 Å². The molecule has 4 rings (SSSR count). The number of benzene rings is 2. The van der Waals surface area contributed by atoms with Crippen molar-refractivity contribution in [2.24, 2.45) is 0 Å². The van der Waals surface area contributed by atoms with Crippen molar-refractivity contribution in [2.75, 3.05) is 0 Å². The lowest BCUT2D eigenvalue weighted by Crippen LogP contribution is -2.00. The Morgan fingerprint density at radius 1 is 0.964 bits per heavy atom. The van der Waals surface area contributed by atoms with Crippen LogP contribution in [0.5, 0.6) is 17.4 Å². The summed E-state index contributed by atoms with van der Waals surface area (Å²) >= 11 is 0. The molecule has 0 unspecified atom stereocenters. The normalized spacial score (nSPS) is 11.1. The van der Waals surface area contributed by atoms with Crippen LogP contribution >= 0.6 is 0 Å². The SMILES string of the molecule is Cc1noc(COc2ccc(Oc3nc(C(F)F)nc4ccccc34)cc2)n1. The van der Waals surface area contributed by atoms with Gasteiger partial charge >= 0.3 is 0 Å². The van der Waals surface area contributed by atoms with Gasteiger partial charge in [0.15, 0.2) is 18.3 Å². The van der Waals surface area contributed by atoms with Crippen LogP contribution in [-0.4, -0.2) is 20.1 Å². The fraction of sp³-hybridized carbons (Fsp3) is 0.158. The highest BCUT2D eigenvalue weighted by Crippen LogP contribution is 2.30. The number of hydrogen-bond acceptors (Lipinski definition) is 7. The lowest BCUT2D eigenvalue weighted by atomic mass is 10.2. The zero-order valence-corrected chi connectivity index (χ0v) is 14.7. The molecule has 2 aromatic carbocycles. The molecule has 0 fully saturated rings. The second-order valence-corrected chi connectivity index (χ2v) is 5.80. The van der Waals surface area contributed by atoms with E-state index in [4.69, 9.17) is 14.0 Å². The van der Waals surface area contributed by atoms with Crippen molar-refractivity contribution in [1.29, 1.82) is 0 Å². The van der Waals surface area contributed by atoms with Crippen molar-refractivity contribution in [3.8, 4) is 17.4 Å². The first-order valence-electron chi connectivity index (χ1n) is 8.33. The van der Waals surface area contributed by atoms with E-state index < -0.39 is 12.2 Å². The number of aromatic nitrogens is 4. The van der Waals surface area contributed by atoms with Gasteiger partial charge in [0.2, 0.25) is 5.88 Å². The number of aryl methyl sites for hydroxylation is 1.